The van der Waals surface area contributed by atoms with Crippen molar-refractivity contribution in [3.05, 3.63) is 42.0 Å². The Balaban J connectivity index is 3.41. The Morgan fingerprint density at radius 3 is 2.38 bits per heavy atom. The maximum absolute atomic E-state index is 13.6. The molecule has 2 atom stereocenters. The van der Waals surface area contributed by atoms with Crippen LogP contribution in [0.2, 0.25) is 0 Å². The van der Waals surface area contributed by atoms with Crippen molar-refractivity contribution in [1.82, 2.24) is 15.5 Å². The molecule has 2 unspecified atom stereocenters. The van der Waals surface area contributed by atoms with Gasteiger partial charge in [0.15, 0.2) is 0 Å². The SMILES string of the molecule is C=Cc1cccc(C(C(=O)NC(C)C)N(CCCCC)C(=O)C(CO)NC(=O)OC(C)(C)C)c1. The summed E-state index contributed by atoms with van der Waals surface area (Å²) in [5.74, 6) is -0.896. The van der Waals surface area contributed by atoms with Crippen molar-refractivity contribution in [2.75, 3.05) is 13.2 Å². The molecule has 0 aliphatic rings. The number of nitrogens with zero attached hydrogens (tertiary/aromatic N) is 1. The molecular weight excluding hydrogens is 434 g/mol. The van der Waals surface area contributed by atoms with Crippen LogP contribution in [0.5, 0.6) is 0 Å². The number of ether oxygens (including phenoxy) is 1. The molecule has 1 rings (SSSR count). The number of benzene rings is 1. The highest BCUT2D eigenvalue weighted by atomic mass is 16.6. The second-order valence-electron chi connectivity index (χ2n) is 9.56. The van der Waals surface area contributed by atoms with Crippen LogP contribution in [0.25, 0.3) is 6.08 Å². The van der Waals surface area contributed by atoms with Gasteiger partial charge < -0.3 is 25.4 Å². The molecule has 8 heteroatoms. The van der Waals surface area contributed by atoms with Gasteiger partial charge in [-0.3, -0.25) is 9.59 Å². The van der Waals surface area contributed by atoms with Crippen LogP contribution in [0, 0.1) is 0 Å². The molecule has 0 bridgehead atoms. The Kier molecular flexibility index (Phi) is 11.8. The van der Waals surface area contributed by atoms with Crippen LogP contribution in [-0.4, -0.2) is 58.8 Å². The van der Waals surface area contributed by atoms with Crippen LogP contribution in [0.4, 0.5) is 4.79 Å². The molecule has 190 valence electrons. The molecule has 3 amide bonds. The van der Waals surface area contributed by atoms with Crippen LogP contribution < -0.4 is 10.6 Å². The van der Waals surface area contributed by atoms with E-state index in [1.165, 1.54) is 4.90 Å². The molecule has 34 heavy (non-hydrogen) atoms. The molecule has 0 aromatic heterocycles. The fourth-order valence-electron chi connectivity index (χ4n) is 3.43. The first-order valence-electron chi connectivity index (χ1n) is 11.9. The Morgan fingerprint density at radius 1 is 1.18 bits per heavy atom. The zero-order valence-corrected chi connectivity index (χ0v) is 21.4. The van der Waals surface area contributed by atoms with Gasteiger partial charge in [-0.05, 0) is 58.2 Å². The highest BCUT2D eigenvalue weighted by Gasteiger charge is 2.36. The molecular formula is C26H41N3O5. The molecule has 0 saturated heterocycles. The van der Waals surface area contributed by atoms with E-state index in [0.717, 1.165) is 18.4 Å². The Bertz CT molecular complexity index is 832. The van der Waals surface area contributed by atoms with Gasteiger partial charge in [0.1, 0.15) is 17.7 Å². The van der Waals surface area contributed by atoms with Gasteiger partial charge in [0.25, 0.3) is 0 Å². The number of unbranched alkanes of at least 4 members (excludes halogenated alkanes) is 2. The standard InChI is InChI=1S/C26H41N3O5/c1-8-10-11-15-29(24(32)21(17-30)28-25(33)34-26(5,6)7)22(23(31)27-18(3)4)20-14-12-13-19(9-2)16-20/h9,12-14,16,18,21-22,30H,2,8,10-11,15,17H2,1,3-7H3,(H,27,31)(H,28,33). The number of alkyl carbamates (subject to hydrolysis) is 1. The summed E-state index contributed by atoms with van der Waals surface area (Å²) in [6.07, 6.45) is 3.31. The van der Waals surface area contributed by atoms with E-state index in [0.29, 0.717) is 12.0 Å². The van der Waals surface area contributed by atoms with Crippen molar-refractivity contribution in [3.63, 3.8) is 0 Å². The van der Waals surface area contributed by atoms with Crippen LogP contribution in [0.3, 0.4) is 0 Å². The van der Waals surface area contributed by atoms with Gasteiger partial charge in [0.2, 0.25) is 11.8 Å². The lowest BCUT2D eigenvalue weighted by molar-refractivity contribution is -0.143. The van der Waals surface area contributed by atoms with Gasteiger partial charge in [0.05, 0.1) is 6.61 Å². The van der Waals surface area contributed by atoms with Crippen molar-refractivity contribution in [2.45, 2.75) is 84.5 Å². The Labute approximate surface area is 203 Å². The van der Waals surface area contributed by atoms with Crippen molar-refractivity contribution in [2.24, 2.45) is 0 Å². The molecule has 0 aliphatic heterocycles. The number of nitrogens with one attached hydrogen (secondary N) is 2. The molecule has 0 aliphatic carbocycles. The molecule has 0 fully saturated rings. The van der Waals surface area contributed by atoms with Gasteiger partial charge in [-0.1, -0.05) is 50.6 Å². The fourth-order valence-corrected chi connectivity index (χ4v) is 3.43. The summed E-state index contributed by atoms with van der Waals surface area (Å²) in [5, 5.41) is 15.3. The van der Waals surface area contributed by atoms with Crippen LogP contribution >= 0.6 is 0 Å². The molecule has 0 heterocycles. The Morgan fingerprint density at radius 2 is 1.85 bits per heavy atom. The van der Waals surface area contributed by atoms with E-state index in [2.05, 4.69) is 17.2 Å². The summed E-state index contributed by atoms with van der Waals surface area (Å²) in [6, 6.07) is 4.92. The topological polar surface area (TPSA) is 108 Å². The van der Waals surface area contributed by atoms with E-state index >= 15 is 0 Å². The fraction of sp³-hybridized carbons (Fsp3) is 0.577. The second kappa shape index (κ2) is 13.7. The second-order valence-corrected chi connectivity index (χ2v) is 9.56. The van der Waals surface area contributed by atoms with Crippen LogP contribution in [0.1, 0.15) is 78.0 Å². The summed E-state index contributed by atoms with van der Waals surface area (Å²) < 4.78 is 5.25. The highest BCUT2D eigenvalue weighted by molar-refractivity contribution is 5.92. The third-order valence-electron chi connectivity index (χ3n) is 4.91. The van der Waals surface area contributed by atoms with Crippen molar-refractivity contribution in [3.8, 4) is 0 Å². The monoisotopic (exact) mass is 475 g/mol. The average molecular weight is 476 g/mol. The lowest BCUT2D eigenvalue weighted by Gasteiger charge is -2.34. The number of rotatable bonds is 12. The molecule has 1 aromatic carbocycles. The quantitative estimate of drug-likeness (QED) is 0.399. The largest absolute Gasteiger partial charge is 0.444 e. The van der Waals surface area contributed by atoms with Gasteiger partial charge in [-0.15, -0.1) is 0 Å². The highest BCUT2D eigenvalue weighted by Crippen LogP contribution is 2.25. The molecule has 8 nitrogen and oxygen atoms in total. The number of amides is 3. The summed E-state index contributed by atoms with van der Waals surface area (Å²) in [7, 11) is 0. The van der Waals surface area contributed by atoms with Gasteiger partial charge >= 0.3 is 6.09 Å². The van der Waals surface area contributed by atoms with Crippen molar-refractivity contribution < 1.29 is 24.2 Å². The van der Waals surface area contributed by atoms with Crippen LogP contribution in [0.15, 0.2) is 30.8 Å². The third kappa shape index (κ3) is 9.55. The summed E-state index contributed by atoms with van der Waals surface area (Å²) in [6.45, 7) is 14.3. The zero-order valence-electron chi connectivity index (χ0n) is 21.4. The predicted octanol–water partition coefficient (Wildman–Crippen LogP) is 3.80. The molecule has 0 saturated carbocycles. The Hall–Kier alpha value is -2.87. The smallest absolute Gasteiger partial charge is 0.408 e. The van der Waals surface area contributed by atoms with Crippen molar-refractivity contribution in [1.29, 1.82) is 0 Å². The van der Waals surface area contributed by atoms with Gasteiger partial charge in [0, 0.05) is 12.6 Å². The lowest BCUT2D eigenvalue weighted by atomic mass is 9.99. The number of aliphatic hydroxyl groups excluding tert-OH is 1. The maximum atomic E-state index is 13.6. The van der Waals surface area contributed by atoms with Crippen molar-refractivity contribution >= 4 is 24.0 Å². The number of carbonyl (C=O) groups is 3. The average Bonchev–Trinajstić information content (AvgIpc) is 2.74. The number of carbonyl (C=O) groups excluding carboxylic acids is 3. The maximum Gasteiger partial charge on any atom is 0.408 e. The lowest BCUT2D eigenvalue weighted by Crippen LogP contribution is -2.55. The van der Waals surface area contributed by atoms with E-state index in [1.807, 2.05) is 32.9 Å². The molecule has 0 radical (unpaired) electrons. The third-order valence-corrected chi connectivity index (χ3v) is 4.91. The number of aliphatic hydroxyl groups is 1. The first-order valence-corrected chi connectivity index (χ1v) is 11.9. The predicted molar refractivity (Wildman–Crippen MR) is 134 cm³/mol. The van der Waals surface area contributed by atoms with Gasteiger partial charge in [-0.2, -0.15) is 0 Å². The zero-order chi connectivity index (χ0) is 25.9. The van der Waals surface area contributed by atoms with E-state index in [9.17, 15) is 19.5 Å². The first-order chi connectivity index (χ1) is 15.9. The summed E-state index contributed by atoms with van der Waals surface area (Å²) >= 11 is 0. The summed E-state index contributed by atoms with van der Waals surface area (Å²) in [4.78, 5) is 40.7. The van der Waals surface area contributed by atoms with E-state index in [1.54, 1.807) is 39.0 Å². The van der Waals surface area contributed by atoms with Gasteiger partial charge in [-0.25, -0.2) is 4.79 Å². The normalized spacial score (nSPS) is 13.1. The van der Waals surface area contributed by atoms with E-state index in [4.69, 9.17) is 4.74 Å². The minimum Gasteiger partial charge on any atom is -0.444 e. The number of hydrogen-bond acceptors (Lipinski definition) is 5. The minimum atomic E-state index is -1.26. The number of hydrogen-bond donors (Lipinski definition) is 3. The molecule has 3 N–H and O–H groups in total. The van der Waals surface area contributed by atoms with Crippen LogP contribution in [-0.2, 0) is 14.3 Å². The molecule has 1 aromatic rings. The van der Waals surface area contributed by atoms with E-state index < -0.39 is 36.3 Å². The van der Waals surface area contributed by atoms with E-state index in [-0.39, 0.29) is 18.5 Å². The minimum absolute atomic E-state index is 0.140. The first kappa shape index (κ1) is 29.2. The molecule has 0 spiro atoms. The summed E-state index contributed by atoms with van der Waals surface area (Å²) in [5.41, 5.74) is 0.666.